The maximum absolute atomic E-state index is 12.9. The van der Waals surface area contributed by atoms with Crippen molar-refractivity contribution in [3.8, 4) is 5.75 Å². The molecule has 0 spiro atoms. The predicted octanol–water partition coefficient (Wildman–Crippen LogP) is 2.50. The lowest BCUT2D eigenvalue weighted by atomic mass is 10.0. The van der Waals surface area contributed by atoms with Crippen LogP contribution in [0.5, 0.6) is 5.75 Å². The largest absolute Gasteiger partial charge is 0.497 e. The normalized spacial score (nSPS) is 13.7. The number of rotatable bonds is 8. The van der Waals surface area contributed by atoms with Crippen LogP contribution in [0.1, 0.15) is 32.8 Å². The van der Waals surface area contributed by atoms with Gasteiger partial charge in [-0.3, -0.25) is 14.5 Å². The standard InChI is InChI=1S/C20H30N2O4/c1-5-26-20(24)14-21(12-15(2)3)13-19(23)22-10-6-7-16-11-17(25-4)8-9-18(16)22/h8-9,11,15H,5-7,10,12-14H2,1-4H3. The molecule has 0 fully saturated rings. The van der Waals surface area contributed by atoms with E-state index < -0.39 is 0 Å². The Hall–Kier alpha value is -2.08. The Morgan fingerprint density at radius 1 is 1.27 bits per heavy atom. The predicted molar refractivity (Wildman–Crippen MR) is 102 cm³/mol. The van der Waals surface area contributed by atoms with Crippen molar-refractivity contribution in [3.63, 3.8) is 0 Å². The van der Waals surface area contributed by atoms with E-state index in [-0.39, 0.29) is 25.0 Å². The Morgan fingerprint density at radius 2 is 2.04 bits per heavy atom. The summed E-state index contributed by atoms with van der Waals surface area (Å²) in [5.74, 6) is 0.891. The minimum atomic E-state index is -0.287. The third-order valence-electron chi connectivity index (χ3n) is 4.35. The number of hydrogen-bond donors (Lipinski definition) is 0. The third-order valence-corrected chi connectivity index (χ3v) is 4.35. The number of carbonyl (C=O) groups is 2. The number of hydrogen-bond acceptors (Lipinski definition) is 5. The Bertz CT molecular complexity index is 630. The molecule has 1 heterocycles. The topological polar surface area (TPSA) is 59.1 Å². The molecule has 0 aliphatic carbocycles. The number of esters is 1. The molecule has 1 aliphatic rings. The van der Waals surface area contributed by atoms with E-state index in [0.717, 1.165) is 29.8 Å². The molecule has 0 atom stereocenters. The average molecular weight is 362 g/mol. The summed E-state index contributed by atoms with van der Waals surface area (Å²) in [6.07, 6.45) is 1.86. The summed E-state index contributed by atoms with van der Waals surface area (Å²) in [7, 11) is 1.65. The van der Waals surface area contributed by atoms with Gasteiger partial charge in [-0.15, -0.1) is 0 Å². The van der Waals surface area contributed by atoms with Gasteiger partial charge >= 0.3 is 5.97 Å². The van der Waals surface area contributed by atoms with Crippen LogP contribution in [-0.2, 0) is 20.7 Å². The molecule has 0 radical (unpaired) electrons. The SMILES string of the molecule is CCOC(=O)CN(CC(=O)N1CCCc2cc(OC)ccc21)CC(C)C. The van der Waals surface area contributed by atoms with E-state index in [1.807, 2.05) is 28.0 Å². The summed E-state index contributed by atoms with van der Waals surface area (Å²) < 4.78 is 10.3. The van der Waals surface area contributed by atoms with Crippen molar-refractivity contribution in [2.24, 2.45) is 5.92 Å². The van der Waals surface area contributed by atoms with Crippen molar-refractivity contribution in [3.05, 3.63) is 23.8 Å². The summed E-state index contributed by atoms with van der Waals surface area (Å²) in [6, 6.07) is 5.83. The molecule has 1 amide bonds. The lowest BCUT2D eigenvalue weighted by molar-refractivity contribution is -0.144. The van der Waals surface area contributed by atoms with Gasteiger partial charge in [-0.25, -0.2) is 0 Å². The number of anilines is 1. The molecule has 6 nitrogen and oxygen atoms in total. The lowest BCUT2D eigenvalue weighted by Crippen LogP contribution is -2.45. The number of fused-ring (bicyclic) bond motifs is 1. The Kier molecular flexibility index (Phi) is 7.45. The molecule has 26 heavy (non-hydrogen) atoms. The zero-order chi connectivity index (χ0) is 19.1. The smallest absolute Gasteiger partial charge is 0.320 e. The van der Waals surface area contributed by atoms with E-state index in [4.69, 9.17) is 9.47 Å². The lowest BCUT2D eigenvalue weighted by Gasteiger charge is -2.32. The van der Waals surface area contributed by atoms with Gasteiger partial charge in [-0.1, -0.05) is 13.8 Å². The molecule has 0 unspecified atom stereocenters. The highest BCUT2D eigenvalue weighted by Crippen LogP contribution is 2.30. The zero-order valence-electron chi connectivity index (χ0n) is 16.3. The molecule has 0 saturated carbocycles. The van der Waals surface area contributed by atoms with Crippen molar-refractivity contribution in [2.75, 3.05) is 44.8 Å². The molecule has 1 aliphatic heterocycles. The van der Waals surface area contributed by atoms with Crippen LogP contribution in [0, 0.1) is 5.92 Å². The van der Waals surface area contributed by atoms with Crippen LogP contribution in [0.15, 0.2) is 18.2 Å². The number of nitrogens with zero attached hydrogens (tertiary/aromatic N) is 2. The first kappa shape index (κ1) is 20.2. The first-order chi connectivity index (χ1) is 12.4. The van der Waals surface area contributed by atoms with E-state index in [0.29, 0.717) is 25.6 Å². The molecule has 6 heteroatoms. The first-order valence-electron chi connectivity index (χ1n) is 9.29. The van der Waals surface area contributed by atoms with Crippen molar-refractivity contribution >= 4 is 17.6 Å². The quantitative estimate of drug-likeness (QED) is 0.665. The monoisotopic (exact) mass is 362 g/mol. The van der Waals surface area contributed by atoms with Crippen LogP contribution in [0.4, 0.5) is 5.69 Å². The van der Waals surface area contributed by atoms with E-state index >= 15 is 0 Å². The number of methoxy groups -OCH3 is 1. The summed E-state index contributed by atoms with van der Waals surface area (Å²) in [6.45, 7) is 8.01. The van der Waals surface area contributed by atoms with Crippen LogP contribution in [-0.4, -0.2) is 56.7 Å². The van der Waals surface area contributed by atoms with Gasteiger partial charge in [0.25, 0.3) is 0 Å². The number of amides is 1. The van der Waals surface area contributed by atoms with Crippen molar-refractivity contribution in [2.45, 2.75) is 33.6 Å². The molecule has 1 aromatic rings. The highest BCUT2D eigenvalue weighted by molar-refractivity contribution is 5.96. The van der Waals surface area contributed by atoms with Crippen LogP contribution < -0.4 is 9.64 Å². The molecule has 0 saturated heterocycles. The minimum Gasteiger partial charge on any atom is -0.497 e. The fourth-order valence-corrected chi connectivity index (χ4v) is 3.33. The second-order valence-corrected chi connectivity index (χ2v) is 7.01. The fraction of sp³-hybridized carbons (Fsp3) is 0.600. The summed E-state index contributed by atoms with van der Waals surface area (Å²) in [5.41, 5.74) is 2.08. The van der Waals surface area contributed by atoms with Crippen LogP contribution in [0.2, 0.25) is 0 Å². The Morgan fingerprint density at radius 3 is 2.69 bits per heavy atom. The van der Waals surface area contributed by atoms with Gasteiger partial charge in [-0.2, -0.15) is 0 Å². The van der Waals surface area contributed by atoms with Crippen LogP contribution in [0.25, 0.3) is 0 Å². The van der Waals surface area contributed by atoms with E-state index in [9.17, 15) is 9.59 Å². The number of ether oxygens (including phenoxy) is 2. The summed E-state index contributed by atoms with van der Waals surface area (Å²) >= 11 is 0. The van der Waals surface area contributed by atoms with Gasteiger partial charge in [0.05, 0.1) is 26.8 Å². The van der Waals surface area contributed by atoms with Gasteiger partial charge in [0.15, 0.2) is 0 Å². The molecule has 2 rings (SSSR count). The number of carbonyl (C=O) groups excluding carboxylic acids is 2. The highest BCUT2D eigenvalue weighted by atomic mass is 16.5. The Balaban J connectivity index is 2.10. The van der Waals surface area contributed by atoms with Gasteiger partial charge < -0.3 is 14.4 Å². The second-order valence-electron chi connectivity index (χ2n) is 7.01. The average Bonchev–Trinajstić information content (AvgIpc) is 2.60. The molecule has 144 valence electrons. The van der Waals surface area contributed by atoms with E-state index in [1.54, 1.807) is 14.0 Å². The molecule has 1 aromatic carbocycles. The van der Waals surface area contributed by atoms with E-state index in [2.05, 4.69) is 13.8 Å². The molecular formula is C20H30N2O4. The highest BCUT2D eigenvalue weighted by Gasteiger charge is 2.25. The first-order valence-corrected chi connectivity index (χ1v) is 9.29. The van der Waals surface area contributed by atoms with Gasteiger partial charge in [0.2, 0.25) is 5.91 Å². The third kappa shape index (κ3) is 5.46. The van der Waals surface area contributed by atoms with Gasteiger partial charge in [-0.05, 0) is 49.4 Å². The fourth-order valence-electron chi connectivity index (χ4n) is 3.33. The summed E-state index contributed by atoms with van der Waals surface area (Å²) in [5, 5.41) is 0. The molecule has 0 bridgehead atoms. The molecule has 0 N–H and O–H groups in total. The maximum atomic E-state index is 12.9. The van der Waals surface area contributed by atoms with Crippen LogP contribution >= 0.6 is 0 Å². The van der Waals surface area contributed by atoms with E-state index in [1.165, 1.54) is 0 Å². The number of benzene rings is 1. The Labute approximate surface area is 156 Å². The zero-order valence-corrected chi connectivity index (χ0v) is 16.3. The van der Waals surface area contributed by atoms with Crippen molar-refractivity contribution in [1.29, 1.82) is 0 Å². The maximum Gasteiger partial charge on any atom is 0.320 e. The second kappa shape index (κ2) is 9.57. The van der Waals surface area contributed by atoms with Crippen molar-refractivity contribution in [1.82, 2.24) is 4.90 Å². The van der Waals surface area contributed by atoms with Crippen LogP contribution in [0.3, 0.4) is 0 Å². The van der Waals surface area contributed by atoms with Crippen molar-refractivity contribution < 1.29 is 19.1 Å². The molecule has 0 aromatic heterocycles. The number of aryl methyl sites for hydroxylation is 1. The molecular weight excluding hydrogens is 332 g/mol. The summed E-state index contributed by atoms with van der Waals surface area (Å²) in [4.78, 5) is 28.5. The van der Waals surface area contributed by atoms with Gasteiger partial charge in [0, 0.05) is 18.8 Å². The minimum absolute atomic E-state index is 0.0149. The van der Waals surface area contributed by atoms with Gasteiger partial charge in [0.1, 0.15) is 5.75 Å².